The summed E-state index contributed by atoms with van der Waals surface area (Å²) in [5, 5.41) is 8.21. The molecule has 4 rings (SSSR count). The SMILES string of the molecule is C=Cc1ccc(-n2cc(CC3CCC3)c3ncc(C(C(C)=N)=C(C)C)cc32)nc1.CC. The van der Waals surface area contributed by atoms with Gasteiger partial charge in [0.2, 0.25) is 0 Å². The summed E-state index contributed by atoms with van der Waals surface area (Å²) < 4.78 is 2.15. The number of fused-ring (bicyclic) bond motifs is 1. The lowest BCUT2D eigenvalue weighted by atomic mass is 9.81. The first kappa shape index (κ1) is 22.7. The molecule has 0 aromatic carbocycles. The number of allylic oxidation sites excluding steroid dienone is 2. The van der Waals surface area contributed by atoms with Gasteiger partial charge in [-0.05, 0) is 62.4 Å². The van der Waals surface area contributed by atoms with Crippen LogP contribution in [0.5, 0.6) is 0 Å². The van der Waals surface area contributed by atoms with E-state index in [-0.39, 0.29) is 0 Å². The second-order valence-corrected chi connectivity index (χ2v) is 8.27. The van der Waals surface area contributed by atoms with Crippen molar-refractivity contribution in [3.63, 3.8) is 0 Å². The number of hydrogen-bond donors (Lipinski definition) is 1. The highest BCUT2D eigenvalue weighted by molar-refractivity contribution is 6.22. The van der Waals surface area contributed by atoms with Crippen molar-refractivity contribution in [3.8, 4) is 5.82 Å². The average molecular weight is 415 g/mol. The summed E-state index contributed by atoms with van der Waals surface area (Å²) in [6.07, 6.45) is 12.8. The van der Waals surface area contributed by atoms with Gasteiger partial charge in [-0.3, -0.25) is 9.55 Å². The molecule has 0 aliphatic heterocycles. The zero-order valence-electron chi connectivity index (χ0n) is 19.5. The molecular formula is C27H34N4. The predicted molar refractivity (Wildman–Crippen MR) is 133 cm³/mol. The van der Waals surface area contributed by atoms with Gasteiger partial charge >= 0.3 is 0 Å². The van der Waals surface area contributed by atoms with Crippen LogP contribution < -0.4 is 0 Å². The Morgan fingerprint density at radius 2 is 1.90 bits per heavy atom. The highest BCUT2D eigenvalue weighted by atomic mass is 15.1. The Bertz CT molecular complexity index is 1110. The maximum absolute atomic E-state index is 8.21. The summed E-state index contributed by atoms with van der Waals surface area (Å²) in [4.78, 5) is 9.51. The van der Waals surface area contributed by atoms with Gasteiger partial charge in [0.15, 0.2) is 0 Å². The molecule has 0 spiro atoms. The molecular weight excluding hydrogens is 380 g/mol. The van der Waals surface area contributed by atoms with Crippen molar-refractivity contribution >= 4 is 28.4 Å². The van der Waals surface area contributed by atoms with E-state index >= 15 is 0 Å². The number of nitrogens with one attached hydrogen (secondary N) is 1. The first-order valence-electron chi connectivity index (χ1n) is 11.3. The van der Waals surface area contributed by atoms with Crippen LogP contribution in [0.15, 0.2) is 48.9 Å². The topological polar surface area (TPSA) is 54.6 Å². The van der Waals surface area contributed by atoms with Crippen molar-refractivity contribution in [1.29, 1.82) is 5.41 Å². The van der Waals surface area contributed by atoms with Crippen molar-refractivity contribution in [2.45, 2.75) is 60.3 Å². The molecule has 31 heavy (non-hydrogen) atoms. The molecule has 0 atom stereocenters. The zero-order chi connectivity index (χ0) is 22.5. The van der Waals surface area contributed by atoms with Gasteiger partial charge in [0, 0.05) is 35.4 Å². The number of pyridine rings is 2. The van der Waals surface area contributed by atoms with E-state index in [1.165, 1.54) is 24.8 Å². The summed E-state index contributed by atoms with van der Waals surface area (Å²) in [5.41, 5.74) is 8.03. The third-order valence-electron chi connectivity index (χ3n) is 5.87. The zero-order valence-corrected chi connectivity index (χ0v) is 19.5. The minimum atomic E-state index is 0.562. The molecule has 1 saturated carbocycles. The van der Waals surface area contributed by atoms with E-state index in [1.54, 1.807) is 6.08 Å². The van der Waals surface area contributed by atoms with Crippen LogP contribution in [-0.4, -0.2) is 20.2 Å². The van der Waals surface area contributed by atoms with Crippen LogP contribution in [0.2, 0.25) is 0 Å². The van der Waals surface area contributed by atoms with Crippen molar-refractivity contribution in [2.24, 2.45) is 5.92 Å². The second kappa shape index (κ2) is 9.86. The van der Waals surface area contributed by atoms with Crippen LogP contribution in [0.3, 0.4) is 0 Å². The molecule has 0 radical (unpaired) electrons. The number of aromatic nitrogens is 3. The predicted octanol–water partition coefficient (Wildman–Crippen LogP) is 7.27. The van der Waals surface area contributed by atoms with Crippen LogP contribution in [0.1, 0.15) is 70.6 Å². The van der Waals surface area contributed by atoms with Gasteiger partial charge in [-0.15, -0.1) is 0 Å². The minimum absolute atomic E-state index is 0.562. The molecule has 3 aromatic heterocycles. The highest BCUT2D eigenvalue weighted by Crippen LogP contribution is 2.34. The number of hydrogen-bond acceptors (Lipinski definition) is 3. The molecule has 1 aliphatic carbocycles. The summed E-state index contributed by atoms with van der Waals surface area (Å²) >= 11 is 0. The van der Waals surface area contributed by atoms with Gasteiger partial charge in [0.1, 0.15) is 5.82 Å². The van der Waals surface area contributed by atoms with Crippen LogP contribution in [0.4, 0.5) is 0 Å². The summed E-state index contributed by atoms with van der Waals surface area (Å²) in [6.45, 7) is 13.8. The van der Waals surface area contributed by atoms with Gasteiger partial charge in [-0.25, -0.2) is 4.98 Å². The van der Waals surface area contributed by atoms with Gasteiger partial charge in [-0.2, -0.15) is 0 Å². The van der Waals surface area contributed by atoms with E-state index < -0.39 is 0 Å². The summed E-state index contributed by atoms with van der Waals surface area (Å²) in [6, 6.07) is 6.23. The fourth-order valence-corrected chi connectivity index (χ4v) is 4.20. The van der Waals surface area contributed by atoms with Gasteiger partial charge in [-0.1, -0.05) is 51.3 Å². The lowest BCUT2D eigenvalue weighted by Crippen LogP contribution is -2.13. The molecule has 1 N–H and O–H groups in total. The smallest absolute Gasteiger partial charge is 0.137 e. The molecule has 0 unspecified atom stereocenters. The Labute approximate surface area is 186 Å². The van der Waals surface area contributed by atoms with Gasteiger partial charge < -0.3 is 5.41 Å². The Kier molecular flexibility index (Phi) is 7.21. The van der Waals surface area contributed by atoms with Crippen LogP contribution in [0, 0.1) is 11.3 Å². The lowest BCUT2D eigenvalue weighted by molar-refractivity contribution is 0.315. The molecule has 4 nitrogen and oxygen atoms in total. The molecule has 1 aliphatic rings. The average Bonchev–Trinajstić information content (AvgIpc) is 3.09. The molecule has 3 heterocycles. The van der Waals surface area contributed by atoms with E-state index in [9.17, 15) is 0 Å². The molecule has 0 bridgehead atoms. The van der Waals surface area contributed by atoms with Crippen molar-refractivity contribution in [2.75, 3.05) is 0 Å². The third-order valence-corrected chi connectivity index (χ3v) is 5.87. The molecule has 4 heteroatoms. The monoisotopic (exact) mass is 414 g/mol. The Hall–Kier alpha value is -3.01. The summed E-state index contributed by atoms with van der Waals surface area (Å²) in [7, 11) is 0. The lowest BCUT2D eigenvalue weighted by Gasteiger charge is -2.24. The fourth-order valence-electron chi connectivity index (χ4n) is 4.20. The van der Waals surface area contributed by atoms with Gasteiger partial charge in [0.05, 0.1) is 11.0 Å². The third kappa shape index (κ3) is 4.68. The fraction of sp³-hybridized carbons (Fsp3) is 0.370. The number of rotatable bonds is 6. The van der Waals surface area contributed by atoms with E-state index in [4.69, 9.17) is 10.4 Å². The largest absolute Gasteiger partial charge is 0.305 e. The van der Waals surface area contributed by atoms with Gasteiger partial charge in [0.25, 0.3) is 0 Å². The Morgan fingerprint density at radius 3 is 2.42 bits per heavy atom. The molecule has 3 aromatic rings. The quantitative estimate of drug-likeness (QED) is 0.431. The Balaban J connectivity index is 0.00000132. The van der Waals surface area contributed by atoms with Crippen LogP contribution >= 0.6 is 0 Å². The highest BCUT2D eigenvalue weighted by Gasteiger charge is 2.22. The van der Waals surface area contributed by atoms with E-state index in [2.05, 4.69) is 28.4 Å². The molecule has 1 fully saturated rings. The van der Waals surface area contributed by atoms with Crippen molar-refractivity contribution in [3.05, 3.63) is 65.6 Å². The second-order valence-electron chi connectivity index (χ2n) is 8.27. The van der Waals surface area contributed by atoms with Crippen molar-refractivity contribution in [1.82, 2.24) is 14.5 Å². The minimum Gasteiger partial charge on any atom is -0.305 e. The first-order chi connectivity index (χ1) is 15.0. The maximum atomic E-state index is 8.21. The standard InChI is InChI=1S/C25H28N4.C2H6/c1-5-18-9-10-23(27-13-18)29-15-21(11-19-7-6-8-19)25-22(29)12-20(14-28-25)24(16(2)3)17(4)26;1-2/h5,9-10,12-15,19,26H,1,6-8,11H2,2-4H3;1-2H3. The van der Waals surface area contributed by atoms with E-state index in [0.29, 0.717) is 5.71 Å². The molecule has 0 amide bonds. The van der Waals surface area contributed by atoms with E-state index in [1.807, 2.05) is 59.1 Å². The molecule has 162 valence electrons. The normalized spacial score (nSPS) is 13.2. The maximum Gasteiger partial charge on any atom is 0.137 e. The van der Waals surface area contributed by atoms with Crippen molar-refractivity contribution < 1.29 is 0 Å². The first-order valence-corrected chi connectivity index (χ1v) is 11.3. The van der Waals surface area contributed by atoms with E-state index in [0.717, 1.165) is 51.5 Å². The van der Waals surface area contributed by atoms with Crippen LogP contribution in [-0.2, 0) is 6.42 Å². The summed E-state index contributed by atoms with van der Waals surface area (Å²) in [5.74, 6) is 1.65. The number of nitrogens with zero attached hydrogens (tertiary/aromatic N) is 3. The Morgan fingerprint density at radius 1 is 1.16 bits per heavy atom. The molecule has 0 saturated heterocycles. The van der Waals surface area contributed by atoms with Crippen LogP contribution in [0.25, 0.3) is 28.5 Å².